The number of amides is 4. The van der Waals surface area contributed by atoms with E-state index in [0.717, 1.165) is 32.1 Å². The van der Waals surface area contributed by atoms with Crippen molar-refractivity contribution >= 4 is 30.3 Å². The van der Waals surface area contributed by atoms with Crippen LogP contribution in [-0.4, -0.2) is 79.1 Å². The number of carbonyl (C=O) groups is 5. The molecule has 0 aromatic rings. The largest absolute Gasteiger partial charge is 0.465 e. The first-order valence-corrected chi connectivity index (χ1v) is 11.2. The van der Waals surface area contributed by atoms with Crippen LogP contribution in [0, 0.1) is 5.92 Å². The van der Waals surface area contributed by atoms with Gasteiger partial charge in [0, 0.05) is 20.0 Å². The van der Waals surface area contributed by atoms with Crippen molar-refractivity contribution in [2.24, 2.45) is 5.92 Å². The maximum atomic E-state index is 12.6. The number of alkyl carbamates (subject to hydrolysis) is 1. The molecule has 1 saturated carbocycles. The lowest BCUT2D eigenvalue weighted by atomic mass is 9.84. The number of likely N-dealkylation sites (N-methyl/N-ethyl adjacent to an activating group) is 1. The molecule has 32 heavy (non-hydrogen) atoms. The first-order valence-electron chi connectivity index (χ1n) is 11.2. The van der Waals surface area contributed by atoms with E-state index in [9.17, 15) is 24.0 Å². The van der Waals surface area contributed by atoms with E-state index in [0.29, 0.717) is 19.3 Å². The van der Waals surface area contributed by atoms with Crippen molar-refractivity contribution in [3.8, 4) is 0 Å². The van der Waals surface area contributed by atoms with E-state index in [-0.39, 0.29) is 37.8 Å². The molecule has 2 atom stereocenters. The molecular weight excluding hydrogens is 420 g/mol. The van der Waals surface area contributed by atoms with Gasteiger partial charge in [0.25, 0.3) is 0 Å². The number of nitrogens with zero attached hydrogens (tertiary/aromatic N) is 1. The summed E-state index contributed by atoms with van der Waals surface area (Å²) in [6.07, 6.45) is 4.33. The third-order valence-electron chi connectivity index (χ3n) is 5.48. The zero-order chi connectivity index (χ0) is 23.9. The second-order valence-corrected chi connectivity index (χ2v) is 8.01. The van der Waals surface area contributed by atoms with E-state index in [2.05, 4.69) is 16.0 Å². The Kier molecular flexibility index (Phi) is 12.8. The molecule has 1 aliphatic carbocycles. The minimum Gasteiger partial charge on any atom is -0.465 e. The second kappa shape index (κ2) is 15.0. The van der Waals surface area contributed by atoms with E-state index in [1.54, 1.807) is 14.0 Å². The van der Waals surface area contributed by atoms with Gasteiger partial charge in [0.05, 0.1) is 12.6 Å². The highest BCUT2D eigenvalue weighted by Gasteiger charge is 2.27. The Morgan fingerprint density at radius 2 is 1.84 bits per heavy atom. The van der Waals surface area contributed by atoms with Crippen molar-refractivity contribution in [1.82, 2.24) is 20.9 Å². The van der Waals surface area contributed by atoms with E-state index in [4.69, 9.17) is 9.84 Å². The number of hydrogen-bond acceptors (Lipinski definition) is 6. The number of carbonyl (C=O) groups excluding carboxylic acids is 4. The first kappa shape index (κ1) is 27.2. The van der Waals surface area contributed by atoms with E-state index in [1.807, 2.05) is 0 Å². The van der Waals surface area contributed by atoms with Crippen LogP contribution in [0.4, 0.5) is 9.59 Å². The topological polar surface area (TPSA) is 154 Å². The number of carboxylic acid groups (broad SMARTS) is 1. The lowest BCUT2D eigenvalue weighted by Crippen LogP contribution is -2.50. The summed E-state index contributed by atoms with van der Waals surface area (Å²) in [5.41, 5.74) is 0. The number of nitrogens with one attached hydrogen (secondary N) is 3. The standard InChI is InChI=1S/C21H36N4O7/c1-3-22-21(31)32-12-11-25(2)18(27)10-9-16(14-26)23-19(28)17(24-20(29)30)13-15-7-5-4-6-8-15/h14-17,24H,3-13H2,1-2H3,(H,22,31)(H,23,28)(H,29,30)/t16-,17-/m0/s1. The molecule has 11 heteroatoms. The second-order valence-electron chi connectivity index (χ2n) is 8.01. The molecule has 0 unspecified atom stereocenters. The van der Waals surface area contributed by atoms with Gasteiger partial charge in [-0.2, -0.15) is 0 Å². The van der Waals surface area contributed by atoms with Crippen molar-refractivity contribution < 1.29 is 33.8 Å². The third-order valence-corrected chi connectivity index (χ3v) is 5.48. The first-order chi connectivity index (χ1) is 15.3. The lowest BCUT2D eigenvalue weighted by molar-refractivity contribution is -0.131. The van der Waals surface area contributed by atoms with Crippen molar-refractivity contribution in [2.45, 2.75) is 70.4 Å². The summed E-state index contributed by atoms with van der Waals surface area (Å²) in [6.45, 7) is 2.43. The van der Waals surface area contributed by atoms with Crippen molar-refractivity contribution in [1.29, 1.82) is 0 Å². The smallest absolute Gasteiger partial charge is 0.407 e. The molecule has 11 nitrogen and oxygen atoms in total. The van der Waals surface area contributed by atoms with Gasteiger partial charge in [-0.1, -0.05) is 32.1 Å². The van der Waals surface area contributed by atoms with Crippen molar-refractivity contribution in [3.63, 3.8) is 0 Å². The van der Waals surface area contributed by atoms with Crippen LogP contribution in [0.15, 0.2) is 0 Å². The van der Waals surface area contributed by atoms with E-state index >= 15 is 0 Å². The molecule has 4 N–H and O–H groups in total. The Morgan fingerprint density at radius 1 is 1.16 bits per heavy atom. The molecular formula is C21H36N4O7. The molecule has 4 amide bonds. The maximum absolute atomic E-state index is 12.6. The third kappa shape index (κ3) is 11.0. The fraction of sp³-hybridized carbons (Fsp3) is 0.762. The summed E-state index contributed by atoms with van der Waals surface area (Å²) in [5, 5.41) is 16.3. The Labute approximate surface area is 188 Å². The number of ether oxygens (including phenoxy) is 1. The Hall–Kier alpha value is -2.85. The van der Waals surface area contributed by atoms with Gasteiger partial charge >= 0.3 is 12.2 Å². The van der Waals surface area contributed by atoms with Crippen LogP contribution in [0.25, 0.3) is 0 Å². The highest BCUT2D eigenvalue weighted by Crippen LogP contribution is 2.27. The molecule has 0 bridgehead atoms. The molecule has 182 valence electrons. The average Bonchev–Trinajstić information content (AvgIpc) is 2.76. The average molecular weight is 457 g/mol. The predicted molar refractivity (Wildman–Crippen MR) is 116 cm³/mol. The summed E-state index contributed by atoms with van der Waals surface area (Å²) < 4.78 is 4.91. The van der Waals surface area contributed by atoms with Gasteiger partial charge in [0.2, 0.25) is 11.8 Å². The van der Waals surface area contributed by atoms with Gasteiger partial charge in [0.15, 0.2) is 0 Å². The predicted octanol–water partition coefficient (Wildman–Crippen LogP) is 1.26. The fourth-order valence-electron chi connectivity index (χ4n) is 3.66. The van der Waals surface area contributed by atoms with Crippen LogP contribution in [0.5, 0.6) is 0 Å². The van der Waals surface area contributed by atoms with Crippen LogP contribution >= 0.6 is 0 Å². The summed E-state index contributed by atoms with van der Waals surface area (Å²) in [7, 11) is 1.55. The Morgan fingerprint density at radius 3 is 2.44 bits per heavy atom. The van der Waals surface area contributed by atoms with Gasteiger partial charge in [-0.15, -0.1) is 0 Å². The van der Waals surface area contributed by atoms with Gasteiger partial charge in [-0.25, -0.2) is 9.59 Å². The Balaban J connectivity index is 2.48. The molecule has 1 fully saturated rings. The lowest BCUT2D eigenvalue weighted by Gasteiger charge is -2.26. The van der Waals surface area contributed by atoms with E-state index in [1.165, 1.54) is 4.90 Å². The molecule has 0 heterocycles. The van der Waals surface area contributed by atoms with Gasteiger partial charge < -0.3 is 35.5 Å². The molecule has 0 saturated heterocycles. The zero-order valence-corrected chi connectivity index (χ0v) is 18.9. The summed E-state index contributed by atoms with van der Waals surface area (Å²) in [4.78, 5) is 60.0. The van der Waals surface area contributed by atoms with Crippen LogP contribution < -0.4 is 16.0 Å². The van der Waals surface area contributed by atoms with Gasteiger partial charge in [-0.05, 0) is 25.7 Å². The summed E-state index contributed by atoms with van der Waals surface area (Å²) in [6, 6.07) is -1.85. The molecule has 0 spiro atoms. The number of aldehydes is 1. The quantitative estimate of drug-likeness (QED) is 0.304. The molecule has 1 rings (SSSR count). The van der Waals surface area contributed by atoms with Gasteiger partial charge in [-0.3, -0.25) is 9.59 Å². The van der Waals surface area contributed by atoms with Crippen molar-refractivity contribution in [3.05, 3.63) is 0 Å². The van der Waals surface area contributed by atoms with Crippen molar-refractivity contribution in [2.75, 3.05) is 26.7 Å². The molecule has 0 radical (unpaired) electrons. The number of hydrogen-bond donors (Lipinski definition) is 4. The maximum Gasteiger partial charge on any atom is 0.407 e. The zero-order valence-electron chi connectivity index (χ0n) is 18.9. The number of rotatable bonds is 13. The highest BCUT2D eigenvalue weighted by atomic mass is 16.5. The van der Waals surface area contributed by atoms with Gasteiger partial charge in [0.1, 0.15) is 18.9 Å². The summed E-state index contributed by atoms with van der Waals surface area (Å²) >= 11 is 0. The Bertz CT molecular complexity index is 638. The fourth-order valence-corrected chi connectivity index (χ4v) is 3.66. The minimum absolute atomic E-state index is 0.000986. The van der Waals surface area contributed by atoms with E-state index < -0.39 is 30.2 Å². The van der Waals surface area contributed by atoms with Crippen LogP contribution in [-0.2, 0) is 19.1 Å². The minimum atomic E-state index is -1.30. The SMILES string of the molecule is CCNC(=O)OCCN(C)C(=O)CC[C@@H](C=O)NC(=O)[C@H](CC1CCCCC1)NC(=O)O. The normalized spacial score (nSPS) is 15.7. The molecule has 1 aliphatic rings. The van der Waals surface area contributed by atoms with Crippen LogP contribution in [0.3, 0.4) is 0 Å². The molecule has 0 aromatic carbocycles. The monoisotopic (exact) mass is 456 g/mol. The molecule has 0 aromatic heterocycles. The molecule has 0 aliphatic heterocycles. The van der Waals surface area contributed by atoms with Crippen LogP contribution in [0.1, 0.15) is 58.3 Å². The highest BCUT2D eigenvalue weighted by molar-refractivity contribution is 5.87. The summed E-state index contributed by atoms with van der Waals surface area (Å²) in [5.74, 6) is -0.572. The van der Waals surface area contributed by atoms with Crippen LogP contribution in [0.2, 0.25) is 0 Å².